The zero-order valence-electron chi connectivity index (χ0n) is 10.0. The van der Waals surface area contributed by atoms with Gasteiger partial charge in [-0.3, -0.25) is 9.78 Å². The summed E-state index contributed by atoms with van der Waals surface area (Å²) >= 11 is 6.00. The molecule has 2 rings (SSSR count). The van der Waals surface area contributed by atoms with E-state index in [2.05, 4.69) is 4.98 Å². The van der Waals surface area contributed by atoms with Crippen molar-refractivity contribution in [1.29, 1.82) is 0 Å². The average molecular weight is 264 g/mol. The summed E-state index contributed by atoms with van der Waals surface area (Å²) in [7, 11) is 0. The van der Waals surface area contributed by atoms with Crippen molar-refractivity contribution in [2.24, 2.45) is 0 Å². The molecule has 0 saturated carbocycles. The second-order valence-corrected chi connectivity index (χ2v) is 3.85. The van der Waals surface area contributed by atoms with E-state index in [-0.39, 0.29) is 6.42 Å². The van der Waals surface area contributed by atoms with Crippen LogP contribution in [0.4, 0.5) is 0 Å². The fourth-order valence-electron chi connectivity index (χ4n) is 1.19. The van der Waals surface area contributed by atoms with Gasteiger partial charge in [0.05, 0.1) is 10.7 Å². The summed E-state index contributed by atoms with van der Waals surface area (Å²) in [6, 6.07) is 13.6. The number of pyridine rings is 1. The van der Waals surface area contributed by atoms with Crippen molar-refractivity contribution in [2.75, 3.05) is 0 Å². The molecule has 0 spiro atoms. The molecule has 4 heteroatoms. The quantitative estimate of drug-likeness (QED) is 0.894. The number of hydrogen-bond donors (Lipinski definition) is 1. The molecule has 0 aliphatic heterocycles. The summed E-state index contributed by atoms with van der Waals surface area (Å²) < 4.78 is 0. The number of hydrogen-bond acceptors (Lipinski definition) is 2. The van der Waals surface area contributed by atoms with Crippen molar-refractivity contribution in [2.45, 2.75) is 13.3 Å². The number of nitrogens with zero attached hydrogens (tertiary/aromatic N) is 1. The summed E-state index contributed by atoms with van der Waals surface area (Å²) in [6.07, 6.45) is 1.97. The van der Waals surface area contributed by atoms with Crippen molar-refractivity contribution in [3.8, 4) is 11.3 Å². The summed E-state index contributed by atoms with van der Waals surface area (Å²) in [5.41, 5.74) is 1.89. The first-order valence-corrected chi connectivity index (χ1v) is 5.90. The van der Waals surface area contributed by atoms with E-state index in [4.69, 9.17) is 16.7 Å². The highest BCUT2D eigenvalue weighted by molar-refractivity contribution is 6.33. The van der Waals surface area contributed by atoms with E-state index in [0.717, 1.165) is 11.3 Å². The number of carbonyl (C=O) groups is 1. The van der Waals surface area contributed by atoms with E-state index in [9.17, 15) is 4.79 Å². The molecule has 1 aromatic heterocycles. The molecule has 0 atom stereocenters. The van der Waals surface area contributed by atoms with Crippen LogP contribution in [0, 0.1) is 0 Å². The Balaban J connectivity index is 0.000000280. The lowest BCUT2D eigenvalue weighted by atomic mass is 10.1. The standard InChI is InChI=1S/C11H8ClN.C3H6O2/c12-10-7-4-8-13-11(10)9-5-2-1-3-6-9;1-2-3(4)5/h1-8H;2H2,1H3,(H,4,5). The van der Waals surface area contributed by atoms with Crippen molar-refractivity contribution in [3.63, 3.8) is 0 Å². The van der Waals surface area contributed by atoms with E-state index < -0.39 is 5.97 Å². The maximum Gasteiger partial charge on any atom is 0.303 e. The van der Waals surface area contributed by atoms with Gasteiger partial charge in [-0.25, -0.2) is 0 Å². The van der Waals surface area contributed by atoms with Crippen LogP contribution in [0.25, 0.3) is 11.3 Å². The van der Waals surface area contributed by atoms with E-state index >= 15 is 0 Å². The van der Waals surface area contributed by atoms with Crippen LogP contribution in [-0.2, 0) is 4.79 Å². The second kappa shape index (κ2) is 7.45. The van der Waals surface area contributed by atoms with Gasteiger partial charge in [-0.2, -0.15) is 0 Å². The topological polar surface area (TPSA) is 50.2 Å². The van der Waals surface area contributed by atoms with Crippen LogP contribution >= 0.6 is 11.6 Å². The molecular formula is C14H14ClNO2. The second-order valence-electron chi connectivity index (χ2n) is 3.45. The van der Waals surface area contributed by atoms with Gasteiger partial charge in [0.1, 0.15) is 0 Å². The molecule has 0 radical (unpaired) electrons. The molecule has 0 bridgehead atoms. The van der Waals surface area contributed by atoms with Gasteiger partial charge in [0, 0.05) is 18.2 Å². The number of benzene rings is 1. The van der Waals surface area contributed by atoms with Gasteiger partial charge in [0.25, 0.3) is 0 Å². The van der Waals surface area contributed by atoms with Crippen molar-refractivity contribution < 1.29 is 9.90 Å². The molecule has 18 heavy (non-hydrogen) atoms. The number of aliphatic carboxylic acids is 1. The Morgan fingerprint density at radius 3 is 2.33 bits per heavy atom. The smallest absolute Gasteiger partial charge is 0.303 e. The molecule has 1 N–H and O–H groups in total. The van der Waals surface area contributed by atoms with Crippen LogP contribution in [0.5, 0.6) is 0 Å². The fourth-order valence-corrected chi connectivity index (χ4v) is 1.42. The molecule has 0 unspecified atom stereocenters. The van der Waals surface area contributed by atoms with Crippen LogP contribution in [0.2, 0.25) is 5.02 Å². The predicted molar refractivity (Wildman–Crippen MR) is 72.6 cm³/mol. The molecule has 0 aliphatic rings. The molecule has 94 valence electrons. The monoisotopic (exact) mass is 263 g/mol. The molecule has 0 amide bonds. The minimum atomic E-state index is -0.745. The molecule has 1 aromatic carbocycles. The van der Waals surface area contributed by atoms with E-state index in [1.54, 1.807) is 13.1 Å². The van der Waals surface area contributed by atoms with Gasteiger partial charge in [0.2, 0.25) is 0 Å². The summed E-state index contributed by atoms with van der Waals surface area (Å²) in [4.78, 5) is 13.6. The molecule has 0 fully saturated rings. The van der Waals surface area contributed by atoms with E-state index in [1.165, 1.54) is 0 Å². The van der Waals surface area contributed by atoms with Gasteiger partial charge >= 0.3 is 5.97 Å². The largest absolute Gasteiger partial charge is 0.481 e. The Morgan fingerprint density at radius 2 is 1.83 bits per heavy atom. The molecule has 1 heterocycles. The molecule has 0 saturated heterocycles. The first-order chi connectivity index (χ1) is 8.65. The van der Waals surface area contributed by atoms with Crippen LogP contribution in [0.15, 0.2) is 48.7 Å². The zero-order chi connectivity index (χ0) is 13.4. The third kappa shape index (κ3) is 4.55. The third-order valence-corrected chi connectivity index (χ3v) is 2.41. The highest BCUT2D eigenvalue weighted by Crippen LogP contribution is 2.24. The molecular weight excluding hydrogens is 250 g/mol. The summed E-state index contributed by atoms with van der Waals surface area (Å²) in [6.45, 7) is 1.60. The van der Waals surface area contributed by atoms with Crippen molar-refractivity contribution in [1.82, 2.24) is 4.98 Å². The van der Waals surface area contributed by atoms with E-state index in [0.29, 0.717) is 5.02 Å². The highest BCUT2D eigenvalue weighted by atomic mass is 35.5. The zero-order valence-corrected chi connectivity index (χ0v) is 10.8. The van der Waals surface area contributed by atoms with Crippen molar-refractivity contribution in [3.05, 3.63) is 53.7 Å². The Kier molecular flexibility index (Phi) is 5.88. The number of carboxylic acids is 1. The van der Waals surface area contributed by atoms with Crippen molar-refractivity contribution >= 4 is 17.6 Å². The van der Waals surface area contributed by atoms with Gasteiger partial charge in [0.15, 0.2) is 0 Å². The van der Waals surface area contributed by atoms with Crippen LogP contribution in [-0.4, -0.2) is 16.1 Å². The molecule has 2 aromatic rings. The highest BCUT2D eigenvalue weighted by Gasteiger charge is 2.01. The Labute approximate surface area is 111 Å². The minimum Gasteiger partial charge on any atom is -0.481 e. The lowest BCUT2D eigenvalue weighted by Crippen LogP contribution is -1.86. The molecule has 3 nitrogen and oxygen atoms in total. The third-order valence-electron chi connectivity index (χ3n) is 2.11. The predicted octanol–water partition coefficient (Wildman–Crippen LogP) is 3.88. The van der Waals surface area contributed by atoms with Gasteiger partial charge in [-0.1, -0.05) is 48.9 Å². The number of carboxylic acid groups (broad SMARTS) is 1. The Hall–Kier alpha value is -1.87. The summed E-state index contributed by atoms with van der Waals surface area (Å²) in [5.74, 6) is -0.745. The fraction of sp³-hybridized carbons (Fsp3) is 0.143. The first kappa shape index (κ1) is 14.2. The Morgan fingerprint density at radius 1 is 1.22 bits per heavy atom. The van der Waals surface area contributed by atoms with Crippen LogP contribution < -0.4 is 0 Å². The SMILES string of the molecule is CCC(=O)O.Clc1cccnc1-c1ccccc1. The number of aromatic nitrogens is 1. The summed E-state index contributed by atoms with van der Waals surface area (Å²) in [5, 5.41) is 8.41. The lowest BCUT2D eigenvalue weighted by Gasteiger charge is -2.01. The minimum absolute atomic E-state index is 0.222. The van der Waals surface area contributed by atoms with E-state index in [1.807, 2.05) is 42.5 Å². The first-order valence-electron chi connectivity index (χ1n) is 5.53. The normalized spacial score (nSPS) is 9.22. The van der Waals surface area contributed by atoms with Gasteiger partial charge in [-0.05, 0) is 12.1 Å². The Bertz CT molecular complexity index is 500. The maximum atomic E-state index is 9.37. The van der Waals surface area contributed by atoms with Crippen LogP contribution in [0.1, 0.15) is 13.3 Å². The number of halogens is 1. The molecule has 0 aliphatic carbocycles. The lowest BCUT2D eigenvalue weighted by molar-refractivity contribution is -0.136. The number of rotatable bonds is 2. The van der Waals surface area contributed by atoms with Gasteiger partial charge in [-0.15, -0.1) is 0 Å². The average Bonchev–Trinajstić information content (AvgIpc) is 2.41. The van der Waals surface area contributed by atoms with Crippen LogP contribution in [0.3, 0.4) is 0 Å². The maximum absolute atomic E-state index is 9.37. The van der Waals surface area contributed by atoms with Gasteiger partial charge < -0.3 is 5.11 Å².